The highest BCUT2D eigenvalue weighted by atomic mass is 16.5. The average molecular weight is 343 g/mol. The van der Waals surface area contributed by atoms with Crippen molar-refractivity contribution < 1.29 is 14.6 Å². The molecule has 3 rings (SSSR count). The molecule has 0 amide bonds. The van der Waals surface area contributed by atoms with Crippen LogP contribution in [0, 0.1) is 0 Å². The monoisotopic (exact) mass is 343 g/mol. The highest BCUT2D eigenvalue weighted by molar-refractivity contribution is 5.76. The summed E-state index contributed by atoms with van der Waals surface area (Å²) in [5.74, 6) is -0.0258. The first-order valence-corrected chi connectivity index (χ1v) is 8.63. The molecule has 1 fully saturated rings. The molecule has 0 radical (unpaired) electrons. The second-order valence-corrected chi connectivity index (χ2v) is 6.83. The Labute approximate surface area is 148 Å². The smallest absolute Gasteiger partial charge is 0.323 e. The lowest BCUT2D eigenvalue weighted by molar-refractivity contribution is -0.146. The van der Waals surface area contributed by atoms with Gasteiger partial charge in [-0.05, 0) is 18.1 Å². The first kappa shape index (κ1) is 17.6. The number of aromatic nitrogens is 2. The maximum Gasteiger partial charge on any atom is 0.323 e. The number of benzene rings is 1. The topological polar surface area (TPSA) is 67.6 Å². The van der Waals surface area contributed by atoms with Crippen LogP contribution in [0.25, 0.3) is 5.69 Å². The number of ether oxygens (including phenoxy) is 1. The van der Waals surface area contributed by atoms with Gasteiger partial charge in [-0.25, -0.2) is 4.68 Å². The lowest BCUT2D eigenvalue weighted by Crippen LogP contribution is -2.36. The quantitative estimate of drug-likeness (QED) is 0.842. The van der Waals surface area contributed by atoms with Crippen LogP contribution < -0.4 is 0 Å². The second-order valence-electron chi connectivity index (χ2n) is 6.83. The van der Waals surface area contributed by atoms with Crippen LogP contribution in [0.3, 0.4) is 0 Å². The van der Waals surface area contributed by atoms with E-state index in [9.17, 15) is 9.90 Å². The molecular formula is C19H25N3O3. The van der Waals surface area contributed by atoms with Crippen LogP contribution in [0.15, 0.2) is 36.5 Å². The van der Waals surface area contributed by atoms with E-state index in [4.69, 9.17) is 9.84 Å². The van der Waals surface area contributed by atoms with E-state index in [-0.39, 0.29) is 11.9 Å². The number of rotatable bonds is 5. The van der Waals surface area contributed by atoms with Crippen LogP contribution in [0.1, 0.15) is 37.4 Å². The predicted octanol–water partition coefficient (Wildman–Crippen LogP) is 2.10. The number of carbonyl (C=O) groups is 1. The molecule has 6 nitrogen and oxygen atoms in total. The summed E-state index contributed by atoms with van der Waals surface area (Å²) in [6.07, 6.45) is 1.93. The Morgan fingerprint density at radius 1 is 1.36 bits per heavy atom. The third-order valence-corrected chi connectivity index (χ3v) is 4.62. The van der Waals surface area contributed by atoms with Gasteiger partial charge in [-0.15, -0.1) is 0 Å². The minimum Gasteiger partial charge on any atom is -0.468 e. The molecule has 1 aliphatic heterocycles. The molecule has 6 heteroatoms. The van der Waals surface area contributed by atoms with Gasteiger partial charge in [0.25, 0.3) is 0 Å². The molecule has 2 heterocycles. The Morgan fingerprint density at radius 3 is 2.72 bits per heavy atom. The van der Waals surface area contributed by atoms with Crippen molar-refractivity contribution in [2.24, 2.45) is 0 Å². The van der Waals surface area contributed by atoms with Gasteiger partial charge in [-0.1, -0.05) is 32.0 Å². The van der Waals surface area contributed by atoms with Crippen molar-refractivity contribution in [1.82, 2.24) is 14.7 Å². The van der Waals surface area contributed by atoms with E-state index < -0.39 is 12.1 Å². The van der Waals surface area contributed by atoms with Gasteiger partial charge >= 0.3 is 5.97 Å². The number of nitrogens with zero attached hydrogens (tertiary/aromatic N) is 3. The molecule has 0 saturated carbocycles. The van der Waals surface area contributed by atoms with E-state index in [2.05, 4.69) is 13.8 Å². The first-order chi connectivity index (χ1) is 12.0. The number of aliphatic hydroxyl groups is 1. The van der Waals surface area contributed by atoms with Gasteiger partial charge in [-0.3, -0.25) is 9.69 Å². The van der Waals surface area contributed by atoms with Crippen molar-refractivity contribution in [3.05, 3.63) is 47.8 Å². The van der Waals surface area contributed by atoms with Gasteiger partial charge in [-0.2, -0.15) is 5.10 Å². The van der Waals surface area contributed by atoms with E-state index in [0.29, 0.717) is 19.5 Å². The number of methoxy groups -OCH3 is 1. The summed E-state index contributed by atoms with van der Waals surface area (Å²) in [6.45, 7) is 5.25. The molecule has 2 aromatic rings. The summed E-state index contributed by atoms with van der Waals surface area (Å²) < 4.78 is 6.77. The first-order valence-electron chi connectivity index (χ1n) is 8.63. The normalized spacial score (nSPS) is 21.0. The van der Waals surface area contributed by atoms with E-state index in [1.807, 2.05) is 46.1 Å². The summed E-state index contributed by atoms with van der Waals surface area (Å²) in [4.78, 5) is 14.0. The van der Waals surface area contributed by atoms with Gasteiger partial charge in [0.2, 0.25) is 0 Å². The number of likely N-dealkylation sites (tertiary alicyclic amines) is 1. The maximum atomic E-state index is 12.0. The van der Waals surface area contributed by atoms with Crippen LogP contribution in [0.4, 0.5) is 0 Å². The van der Waals surface area contributed by atoms with Crippen LogP contribution >= 0.6 is 0 Å². The number of aliphatic hydroxyl groups excluding tert-OH is 1. The Kier molecular flexibility index (Phi) is 5.20. The molecule has 1 aromatic heterocycles. The zero-order valence-electron chi connectivity index (χ0n) is 14.9. The SMILES string of the molecule is COC(=O)C1CC(O)CN1Cc1cn(-c2ccccc2)nc1C(C)C. The molecule has 1 saturated heterocycles. The fourth-order valence-electron chi connectivity index (χ4n) is 3.40. The van der Waals surface area contributed by atoms with Gasteiger partial charge in [0.05, 0.1) is 24.6 Å². The van der Waals surface area contributed by atoms with Gasteiger partial charge < -0.3 is 9.84 Å². The zero-order valence-corrected chi connectivity index (χ0v) is 14.9. The Balaban J connectivity index is 1.88. The largest absolute Gasteiger partial charge is 0.468 e. The van der Waals surface area contributed by atoms with Gasteiger partial charge in [0, 0.05) is 31.3 Å². The Bertz CT molecular complexity index is 727. The molecular weight excluding hydrogens is 318 g/mol. The van der Waals surface area contributed by atoms with Crippen LogP contribution in [0.2, 0.25) is 0 Å². The van der Waals surface area contributed by atoms with E-state index in [0.717, 1.165) is 16.9 Å². The second kappa shape index (κ2) is 7.37. The highest BCUT2D eigenvalue weighted by Gasteiger charge is 2.37. The third-order valence-electron chi connectivity index (χ3n) is 4.62. The fourth-order valence-corrected chi connectivity index (χ4v) is 3.40. The van der Waals surface area contributed by atoms with Crippen molar-refractivity contribution in [1.29, 1.82) is 0 Å². The summed E-state index contributed by atoms with van der Waals surface area (Å²) in [5.41, 5.74) is 3.08. The van der Waals surface area contributed by atoms with Crippen molar-refractivity contribution >= 4 is 5.97 Å². The predicted molar refractivity (Wildman–Crippen MR) is 94.5 cm³/mol. The number of hydrogen-bond acceptors (Lipinski definition) is 5. The van der Waals surface area contributed by atoms with Crippen molar-refractivity contribution in [3.8, 4) is 5.69 Å². The average Bonchev–Trinajstić information content (AvgIpc) is 3.19. The molecule has 2 atom stereocenters. The van der Waals surface area contributed by atoms with Crippen molar-refractivity contribution in [3.63, 3.8) is 0 Å². The van der Waals surface area contributed by atoms with E-state index >= 15 is 0 Å². The van der Waals surface area contributed by atoms with E-state index in [1.165, 1.54) is 7.11 Å². The number of esters is 1. The van der Waals surface area contributed by atoms with Gasteiger partial charge in [0.1, 0.15) is 6.04 Å². The molecule has 0 bridgehead atoms. The third kappa shape index (κ3) is 3.75. The van der Waals surface area contributed by atoms with Gasteiger partial charge in [0.15, 0.2) is 0 Å². The standard InChI is InChI=1S/C19H25N3O3/c1-13(2)18-14(11-22(20-18)15-7-5-4-6-8-15)10-21-12-16(23)9-17(21)19(24)25-3/h4-8,11,13,16-17,23H,9-10,12H2,1-3H3. The molecule has 0 spiro atoms. The van der Waals surface area contributed by atoms with Crippen molar-refractivity contribution in [2.45, 2.75) is 44.9 Å². The molecule has 0 aliphatic carbocycles. The number of hydrogen-bond donors (Lipinski definition) is 1. The fraction of sp³-hybridized carbons (Fsp3) is 0.474. The highest BCUT2D eigenvalue weighted by Crippen LogP contribution is 2.26. The number of carbonyl (C=O) groups excluding carboxylic acids is 1. The lowest BCUT2D eigenvalue weighted by Gasteiger charge is -2.22. The number of para-hydroxylation sites is 1. The lowest BCUT2D eigenvalue weighted by atomic mass is 10.1. The van der Waals surface area contributed by atoms with Crippen LogP contribution in [-0.2, 0) is 16.1 Å². The number of β-amino-alcohol motifs (C(OH)–C–C–N with tert-alkyl or cyclic N) is 1. The summed E-state index contributed by atoms with van der Waals surface area (Å²) in [7, 11) is 1.39. The van der Waals surface area contributed by atoms with Crippen molar-refractivity contribution in [2.75, 3.05) is 13.7 Å². The molecule has 1 N–H and O–H groups in total. The Morgan fingerprint density at radius 2 is 2.08 bits per heavy atom. The molecule has 134 valence electrons. The molecule has 1 aliphatic rings. The van der Waals surface area contributed by atoms with Crippen LogP contribution in [-0.4, -0.2) is 51.6 Å². The minimum absolute atomic E-state index is 0.268. The van der Waals surface area contributed by atoms with Crippen LogP contribution in [0.5, 0.6) is 0 Å². The zero-order chi connectivity index (χ0) is 18.0. The summed E-state index contributed by atoms with van der Waals surface area (Å²) >= 11 is 0. The summed E-state index contributed by atoms with van der Waals surface area (Å²) in [5, 5.41) is 14.7. The van der Waals surface area contributed by atoms with E-state index in [1.54, 1.807) is 0 Å². The molecule has 1 aromatic carbocycles. The molecule has 25 heavy (non-hydrogen) atoms. The summed E-state index contributed by atoms with van der Waals surface area (Å²) in [6, 6.07) is 9.56. The molecule has 2 unspecified atom stereocenters. The Hall–Kier alpha value is -2.18. The minimum atomic E-state index is -0.504. The maximum absolute atomic E-state index is 12.0.